The van der Waals surface area contributed by atoms with Gasteiger partial charge in [0.15, 0.2) is 0 Å². The highest BCUT2D eigenvalue weighted by atomic mass is 32.2. The largest absolute Gasteiger partial charge is 0.481 e. The van der Waals surface area contributed by atoms with Crippen molar-refractivity contribution in [3.05, 3.63) is 29.3 Å². The van der Waals surface area contributed by atoms with Crippen molar-refractivity contribution in [3.8, 4) is 6.07 Å². The molecule has 7 heteroatoms. The number of sulfonamides is 1. The third kappa shape index (κ3) is 4.55. The summed E-state index contributed by atoms with van der Waals surface area (Å²) in [6.07, 6.45) is 0.372. The first kappa shape index (κ1) is 18.1. The van der Waals surface area contributed by atoms with E-state index in [1.165, 1.54) is 6.07 Å². The molecule has 1 atom stereocenters. The van der Waals surface area contributed by atoms with E-state index in [0.717, 1.165) is 0 Å². The second kappa shape index (κ2) is 7.38. The lowest BCUT2D eigenvalue weighted by Crippen LogP contribution is -2.34. The fourth-order valence-electron chi connectivity index (χ4n) is 2.14. The second-order valence-electron chi connectivity index (χ2n) is 5.58. The summed E-state index contributed by atoms with van der Waals surface area (Å²) in [5.74, 6) is -1.70. The molecule has 0 heterocycles. The molecule has 1 aromatic rings. The zero-order valence-electron chi connectivity index (χ0n) is 12.8. The number of aliphatic carboxylic acids is 1. The predicted molar refractivity (Wildman–Crippen MR) is 81.7 cm³/mol. The highest BCUT2D eigenvalue weighted by Crippen LogP contribution is 2.19. The number of nitrogens with zero attached hydrogens (tertiary/aromatic N) is 1. The summed E-state index contributed by atoms with van der Waals surface area (Å²) < 4.78 is 26.9. The van der Waals surface area contributed by atoms with Gasteiger partial charge in [0.05, 0.1) is 16.4 Å². The van der Waals surface area contributed by atoms with Gasteiger partial charge < -0.3 is 5.11 Å². The molecule has 0 fully saturated rings. The van der Waals surface area contributed by atoms with Gasteiger partial charge in [-0.15, -0.1) is 0 Å². The van der Waals surface area contributed by atoms with E-state index in [1.54, 1.807) is 19.1 Å². The van der Waals surface area contributed by atoms with Gasteiger partial charge >= 0.3 is 5.97 Å². The van der Waals surface area contributed by atoms with E-state index in [1.807, 2.05) is 19.9 Å². The molecule has 120 valence electrons. The second-order valence-corrected chi connectivity index (χ2v) is 7.31. The molecule has 0 aliphatic rings. The van der Waals surface area contributed by atoms with Crippen LogP contribution in [0.4, 0.5) is 0 Å². The van der Waals surface area contributed by atoms with Crippen molar-refractivity contribution in [2.45, 2.75) is 32.1 Å². The lowest BCUT2D eigenvalue weighted by Gasteiger charge is -2.16. The highest BCUT2D eigenvalue weighted by Gasteiger charge is 2.24. The smallest absolute Gasteiger partial charge is 0.307 e. The Balaban J connectivity index is 3.00. The summed E-state index contributed by atoms with van der Waals surface area (Å²) in [5, 5.41) is 18.3. The molecule has 22 heavy (non-hydrogen) atoms. The molecule has 6 nitrogen and oxygen atoms in total. The first-order chi connectivity index (χ1) is 10.2. The van der Waals surface area contributed by atoms with Crippen LogP contribution >= 0.6 is 0 Å². The van der Waals surface area contributed by atoms with E-state index in [0.29, 0.717) is 12.0 Å². The summed E-state index contributed by atoms with van der Waals surface area (Å²) in [7, 11) is -3.93. The van der Waals surface area contributed by atoms with Gasteiger partial charge in [-0.1, -0.05) is 26.0 Å². The van der Waals surface area contributed by atoms with Gasteiger partial charge in [0, 0.05) is 6.54 Å². The summed E-state index contributed by atoms with van der Waals surface area (Å²) in [5.41, 5.74) is 0.632. The number of carboxylic acids is 1. The molecule has 0 aliphatic carbocycles. The number of rotatable bonds is 7. The number of carbonyl (C=O) groups is 1. The molecule has 0 amide bonds. The van der Waals surface area contributed by atoms with Gasteiger partial charge in [-0.05, 0) is 30.9 Å². The van der Waals surface area contributed by atoms with Gasteiger partial charge in [-0.25, -0.2) is 13.1 Å². The first-order valence-corrected chi connectivity index (χ1v) is 8.39. The predicted octanol–water partition coefficient (Wildman–Crippen LogP) is 1.89. The Morgan fingerprint density at radius 2 is 2.05 bits per heavy atom. The first-order valence-electron chi connectivity index (χ1n) is 6.91. The normalized spacial score (nSPS) is 12.9. The molecule has 0 saturated heterocycles. The average molecular weight is 324 g/mol. The molecule has 1 aromatic carbocycles. The van der Waals surface area contributed by atoms with Gasteiger partial charge in [-0.2, -0.15) is 5.26 Å². The van der Waals surface area contributed by atoms with Crippen LogP contribution in [0.25, 0.3) is 0 Å². The quantitative estimate of drug-likeness (QED) is 0.796. The van der Waals surface area contributed by atoms with Crippen LogP contribution < -0.4 is 4.72 Å². The van der Waals surface area contributed by atoms with Gasteiger partial charge in [0.2, 0.25) is 10.0 Å². The molecular weight excluding hydrogens is 304 g/mol. The highest BCUT2D eigenvalue weighted by molar-refractivity contribution is 7.89. The minimum atomic E-state index is -3.93. The molecule has 0 aromatic heterocycles. The molecule has 0 spiro atoms. The van der Waals surface area contributed by atoms with Crippen molar-refractivity contribution >= 4 is 16.0 Å². The minimum absolute atomic E-state index is 0.0748. The Hall–Kier alpha value is -1.91. The van der Waals surface area contributed by atoms with Crippen LogP contribution in [-0.4, -0.2) is 26.0 Å². The molecule has 0 aliphatic heterocycles. The summed E-state index contributed by atoms with van der Waals surface area (Å²) >= 11 is 0. The van der Waals surface area contributed by atoms with Crippen LogP contribution in [0.2, 0.25) is 0 Å². The number of benzene rings is 1. The molecule has 0 radical (unpaired) electrons. The van der Waals surface area contributed by atoms with E-state index in [4.69, 9.17) is 10.4 Å². The maximum Gasteiger partial charge on any atom is 0.307 e. The van der Waals surface area contributed by atoms with E-state index in [9.17, 15) is 13.2 Å². The van der Waals surface area contributed by atoms with E-state index >= 15 is 0 Å². The van der Waals surface area contributed by atoms with Gasteiger partial charge in [-0.3, -0.25) is 4.79 Å². The van der Waals surface area contributed by atoms with Gasteiger partial charge in [0.1, 0.15) is 6.07 Å². The average Bonchev–Trinajstić information content (AvgIpc) is 2.42. The molecule has 0 saturated carbocycles. The number of nitriles is 1. The zero-order chi connectivity index (χ0) is 16.9. The number of aryl methyl sites for hydroxylation is 1. The number of carboxylic acid groups (broad SMARTS) is 1. The van der Waals surface area contributed by atoms with Crippen LogP contribution in [0.15, 0.2) is 23.1 Å². The standard InChI is InChI=1S/C15H20N2O4S/c1-10(2)7-12(15(18)19)9-17-22(20,21)14-6-4-5-11(3)13(14)8-16/h4-6,10,12,17H,7,9H2,1-3H3,(H,18,19). The molecule has 2 N–H and O–H groups in total. The van der Waals surface area contributed by atoms with Gasteiger partial charge in [0.25, 0.3) is 0 Å². The third-order valence-corrected chi connectivity index (χ3v) is 4.73. The Labute approximate surface area is 130 Å². The topological polar surface area (TPSA) is 107 Å². The Morgan fingerprint density at radius 3 is 2.55 bits per heavy atom. The third-order valence-electron chi connectivity index (χ3n) is 3.26. The minimum Gasteiger partial charge on any atom is -0.481 e. The Bertz CT molecular complexity index is 690. The summed E-state index contributed by atoms with van der Waals surface area (Å²) in [4.78, 5) is 11.1. The molecule has 0 bridgehead atoms. The monoisotopic (exact) mass is 324 g/mol. The summed E-state index contributed by atoms with van der Waals surface area (Å²) in [6, 6.07) is 6.41. The summed E-state index contributed by atoms with van der Waals surface area (Å²) in [6.45, 7) is 5.20. The van der Waals surface area contributed by atoms with Crippen molar-refractivity contribution in [1.82, 2.24) is 4.72 Å². The Kier molecular flexibility index (Phi) is 6.09. The lowest BCUT2D eigenvalue weighted by atomic mass is 9.98. The van der Waals surface area contributed by atoms with Crippen LogP contribution in [0.3, 0.4) is 0 Å². The number of nitrogens with one attached hydrogen (secondary N) is 1. The van der Waals surface area contributed by atoms with Crippen LogP contribution in [-0.2, 0) is 14.8 Å². The number of hydrogen-bond donors (Lipinski definition) is 2. The van der Waals surface area contributed by atoms with E-state index in [2.05, 4.69) is 4.72 Å². The van der Waals surface area contributed by atoms with Crippen LogP contribution in [0.1, 0.15) is 31.4 Å². The lowest BCUT2D eigenvalue weighted by molar-refractivity contribution is -0.142. The SMILES string of the molecule is Cc1cccc(S(=O)(=O)NCC(CC(C)C)C(=O)O)c1C#N. The van der Waals surface area contributed by atoms with E-state index < -0.39 is 21.9 Å². The molecular formula is C15H20N2O4S. The van der Waals surface area contributed by atoms with E-state index in [-0.39, 0.29) is 22.9 Å². The molecule has 1 rings (SSSR count). The maximum absolute atomic E-state index is 12.3. The van der Waals surface area contributed by atoms with Crippen LogP contribution in [0, 0.1) is 30.1 Å². The van der Waals surface area contributed by atoms with Crippen molar-refractivity contribution in [2.24, 2.45) is 11.8 Å². The Morgan fingerprint density at radius 1 is 1.41 bits per heavy atom. The zero-order valence-corrected chi connectivity index (χ0v) is 13.6. The van der Waals surface area contributed by atoms with Crippen molar-refractivity contribution in [1.29, 1.82) is 5.26 Å². The number of hydrogen-bond acceptors (Lipinski definition) is 4. The van der Waals surface area contributed by atoms with Crippen molar-refractivity contribution in [2.75, 3.05) is 6.54 Å². The van der Waals surface area contributed by atoms with Crippen molar-refractivity contribution < 1.29 is 18.3 Å². The van der Waals surface area contributed by atoms with Crippen molar-refractivity contribution in [3.63, 3.8) is 0 Å². The fraction of sp³-hybridized carbons (Fsp3) is 0.467. The fourth-order valence-corrected chi connectivity index (χ4v) is 3.45. The maximum atomic E-state index is 12.3. The van der Waals surface area contributed by atoms with Crippen LogP contribution in [0.5, 0.6) is 0 Å². The molecule has 1 unspecified atom stereocenters.